The molecule has 118 valence electrons. The molecule has 0 unspecified atom stereocenters. The summed E-state index contributed by atoms with van der Waals surface area (Å²) in [6.45, 7) is 8.58. The van der Waals surface area contributed by atoms with E-state index in [4.69, 9.17) is 0 Å². The summed E-state index contributed by atoms with van der Waals surface area (Å²) in [4.78, 5) is 0. The molecule has 0 bridgehead atoms. The zero-order valence-electron chi connectivity index (χ0n) is 14.4. The van der Waals surface area contributed by atoms with Crippen LogP contribution in [0, 0.1) is 22.7 Å². The van der Waals surface area contributed by atoms with Gasteiger partial charge in [-0.1, -0.05) is 46.5 Å². The molecule has 0 spiro atoms. The van der Waals surface area contributed by atoms with Gasteiger partial charge in [0.05, 0.1) is 0 Å². The number of hydrogen-bond acceptors (Lipinski definition) is 1. The minimum Gasteiger partial charge on any atom is -0.319 e. The minimum absolute atomic E-state index is 0.509. The van der Waals surface area contributed by atoms with Crippen LogP contribution in [0.1, 0.15) is 85.0 Å². The van der Waals surface area contributed by atoms with Crippen molar-refractivity contribution < 1.29 is 0 Å². The van der Waals surface area contributed by atoms with Crippen LogP contribution in [0.4, 0.5) is 0 Å². The van der Waals surface area contributed by atoms with Crippen molar-refractivity contribution >= 4 is 0 Å². The molecule has 0 amide bonds. The van der Waals surface area contributed by atoms with Crippen LogP contribution < -0.4 is 5.32 Å². The van der Waals surface area contributed by atoms with Gasteiger partial charge in [-0.2, -0.15) is 0 Å². The molecule has 2 saturated carbocycles. The lowest BCUT2D eigenvalue weighted by Crippen LogP contribution is -2.43. The Hall–Kier alpha value is -0.0400. The highest BCUT2D eigenvalue weighted by Crippen LogP contribution is 2.51. The van der Waals surface area contributed by atoms with Crippen molar-refractivity contribution in [1.82, 2.24) is 5.32 Å². The van der Waals surface area contributed by atoms with Crippen molar-refractivity contribution in [3.8, 4) is 0 Å². The highest BCUT2D eigenvalue weighted by atomic mass is 14.8. The smallest absolute Gasteiger partial charge is 0.000746 e. The molecule has 0 aliphatic heterocycles. The highest BCUT2D eigenvalue weighted by Gasteiger charge is 2.43. The van der Waals surface area contributed by atoms with E-state index in [2.05, 4.69) is 33.1 Å². The van der Waals surface area contributed by atoms with Gasteiger partial charge in [-0.05, 0) is 68.2 Å². The zero-order valence-corrected chi connectivity index (χ0v) is 14.4. The topological polar surface area (TPSA) is 12.0 Å². The Morgan fingerprint density at radius 1 is 0.900 bits per heavy atom. The van der Waals surface area contributed by atoms with Gasteiger partial charge in [0.2, 0.25) is 0 Å². The SMILES string of the molecule is CNCC1(C2CCCCCC2)CCC(C(C)(C)C)CC1. The third-order valence-corrected chi connectivity index (χ3v) is 6.46. The lowest BCUT2D eigenvalue weighted by atomic mass is 9.58. The molecule has 2 fully saturated rings. The van der Waals surface area contributed by atoms with E-state index in [1.54, 1.807) is 0 Å². The van der Waals surface area contributed by atoms with E-state index >= 15 is 0 Å². The summed E-state index contributed by atoms with van der Waals surface area (Å²) in [6, 6.07) is 0. The number of rotatable bonds is 3. The first-order valence-electron chi connectivity index (χ1n) is 9.12. The largest absolute Gasteiger partial charge is 0.319 e. The summed E-state index contributed by atoms with van der Waals surface area (Å²) in [5, 5.41) is 3.55. The first-order chi connectivity index (χ1) is 9.48. The maximum absolute atomic E-state index is 3.55. The van der Waals surface area contributed by atoms with Gasteiger partial charge < -0.3 is 5.32 Å². The average molecular weight is 280 g/mol. The second-order valence-corrected chi connectivity index (χ2v) is 8.72. The van der Waals surface area contributed by atoms with Crippen LogP contribution in [0.2, 0.25) is 0 Å². The Morgan fingerprint density at radius 3 is 1.90 bits per heavy atom. The van der Waals surface area contributed by atoms with Crippen molar-refractivity contribution in [2.24, 2.45) is 22.7 Å². The van der Waals surface area contributed by atoms with Crippen LogP contribution in [0.5, 0.6) is 0 Å². The first-order valence-corrected chi connectivity index (χ1v) is 9.12. The van der Waals surface area contributed by atoms with Gasteiger partial charge in [0.25, 0.3) is 0 Å². The van der Waals surface area contributed by atoms with Crippen LogP contribution in [0.15, 0.2) is 0 Å². The molecule has 1 heteroatoms. The minimum atomic E-state index is 0.509. The molecule has 0 aromatic carbocycles. The molecule has 20 heavy (non-hydrogen) atoms. The second kappa shape index (κ2) is 6.81. The van der Waals surface area contributed by atoms with Crippen molar-refractivity contribution in [3.05, 3.63) is 0 Å². The van der Waals surface area contributed by atoms with E-state index in [0.29, 0.717) is 10.8 Å². The Kier molecular flexibility index (Phi) is 5.56. The van der Waals surface area contributed by atoms with Gasteiger partial charge in [0, 0.05) is 6.54 Å². The molecule has 0 aromatic rings. The van der Waals surface area contributed by atoms with E-state index < -0.39 is 0 Å². The van der Waals surface area contributed by atoms with Gasteiger partial charge >= 0.3 is 0 Å². The lowest BCUT2D eigenvalue weighted by molar-refractivity contribution is 0.0333. The summed E-state index contributed by atoms with van der Waals surface area (Å²) in [5.41, 5.74) is 1.14. The Morgan fingerprint density at radius 2 is 1.45 bits per heavy atom. The normalized spacial score (nSPS) is 33.9. The van der Waals surface area contributed by atoms with Gasteiger partial charge in [-0.15, -0.1) is 0 Å². The average Bonchev–Trinajstić information content (AvgIpc) is 2.68. The highest BCUT2D eigenvalue weighted by molar-refractivity contribution is 4.94. The zero-order chi connectivity index (χ0) is 14.6. The van der Waals surface area contributed by atoms with E-state index in [9.17, 15) is 0 Å². The van der Waals surface area contributed by atoms with Crippen LogP contribution in [0.3, 0.4) is 0 Å². The summed E-state index contributed by atoms with van der Waals surface area (Å²) in [6.07, 6.45) is 14.8. The Labute approximate surface area is 127 Å². The fourth-order valence-electron chi connectivity index (χ4n) is 5.03. The van der Waals surface area contributed by atoms with Crippen LogP contribution in [0.25, 0.3) is 0 Å². The van der Waals surface area contributed by atoms with Gasteiger partial charge in [0.15, 0.2) is 0 Å². The summed E-state index contributed by atoms with van der Waals surface area (Å²) in [7, 11) is 2.16. The van der Waals surface area contributed by atoms with Crippen LogP contribution >= 0.6 is 0 Å². The fraction of sp³-hybridized carbons (Fsp3) is 1.00. The predicted molar refractivity (Wildman–Crippen MR) is 89.0 cm³/mol. The molecule has 2 aliphatic rings. The van der Waals surface area contributed by atoms with Gasteiger partial charge in [-0.25, -0.2) is 0 Å². The molecule has 1 nitrogen and oxygen atoms in total. The molecule has 0 radical (unpaired) electrons. The molecule has 2 aliphatic carbocycles. The molecule has 2 rings (SSSR count). The molecule has 1 N–H and O–H groups in total. The Bertz CT molecular complexity index is 273. The van der Waals surface area contributed by atoms with Crippen LogP contribution in [-0.4, -0.2) is 13.6 Å². The van der Waals surface area contributed by atoms with E-state index in [0.717, 1.165) is 11.8 Å². The monoisotopic (exact) mass is 279 g/mol. The molecule has 0 saturated heterocycles. The van der Waals surface area contributed by atoms with Gasteiger partial charge in [0.1, 0.15) is 0 Å². The standard InChI is InChI=1S/C19H37N/c1-18(2,3)16-11-13-19(14-12-16,15-20-4)17-9-7-5-6-8-10-17/h16-17,20H,5-15H2,1-4H3. The number of hydrogen-bond donors (Lipinski definition) is 1. The van der Waals surface area contributed by atoms with Crippen LogP contribution in [-0.2, 0) is 0 Å². The Balaban J connectivity index is 2.03. The molecular formula is C19H37N. The maximum atomic E-state index is 3.55. The summed E-state index contributed by atoms with van der Waals surface area (Å²) >= 11 is 0. The van der Waals surface area contributed by atoms with E-state index in [1.165, 1.54) is 70.8 Å². The summed E-state index contributed by atoms with van der Waals surface area (Å²) < 4.78 is 0. The fourth-order valence-corrected chi connectivity index (χ4v) is 5.03. The first kappa shape index (κ1) is 16.3. The lowest BCUT2D eigenvalue weighted by Gasteiger charge is -2.48. The second-order valence-electron chi connectivity index (χ2n) is 8.72. The van der Waals surface area contributed by atoms with Crippen molar-refractivity contribution in [2.45, 2.75) is 85.0 Å². The molecular weight excluding hydrogens is 242 g/mol. The van der Waals surface area contributed by atoms with E-state index in [1.807, 2.05) is 0 Å². The van der Waals surface area contributed by atoms with Crippen molar-refractivity contribution in [3.63, 3.8) is 0 Å². The predicted octanol–water partition coefficient (Wildman–Crippen LogP) is 5.40. The molecule has 0 atom stereocenters. The van der Waals surface area contributed by atoms with Crippen molar-refractivity contribution in [1.29, 1.82) is 0 Å². The van der Waals surface area contributed by atoms with E-state index in [-0.39, 0.29) is 0 Å². The quantitative estimate of drug-likeness (QED) is 0.682. The molecule has 0 aromatic heterocycles. The van der Waals surface area contributed by atoms with Crippen molar-refractivity contribution in [2.75, 3.05) is 13.6 Å². The third kappa shape index (κ3) is 3.78. The maximum Gasteiger partial charge on any atom is 0.000746 e. The summed E-state index contributed by atoms with van der Waals surface area (Å²) in [5.74, 6) is 1.94. The number of nitrogens with one attached hydrogen (secondary N) is 1. The third-order valence-electron chi connectivity index (χ3n) is 6.46. The molecule has 0 heterocycles. The van der Waals surface area contributed by atoms with Gasteiger partial charge in [-0.3, -0.25) is 0 Å².